The van der Waals surface area contributed by atoms with Crippen LogP contribution >= 0.6 is 0 Å². The van der Waals surface area contributed by atoms with Crippen molar-refractivity contribution >= 4 is 11.8 Å². The smallest absolute Gasteiger partial charge is 0.379 e. The molecule has 0 radical (unpaired) electrons. The summed E-state index contributed by atoms with van der Waals surface area (Å²) in [6, 6.07) is 2.80. The predicted molar refractivity (Wildman–Crippen MR) is 56.8 cm³/mol. The summed E-state index contributed by atoms with van der Waals surface area (Å²) in [5, 5.41) is 0. The number of hydrogen-bond donors (Lipinski definition) is 0. The van der Waals surface area contributed by atoms with Crippen LogP contribution in [0.5, 0.6) is 0 Å². The van der Waals surface area contributed by atoms with Gasteiger partial charge >= 0.3 is 5.97 Å². The molecule has 0 spiro atoms. The minimum Gasteiger partial charge on any atom is -0.460 e. The minimum atomic E-state index is -0.949. The molecule has 1 aromatic rings. The lowest BCUT2D eigenvalue weighted by molar-refractivity contribution is -0.137. The van der Waals surface area contributed by atoms with E-state index < -0.39 is 17.6 Å². The Bertz CT molecular complexity index is 438. The summed E-state index contributed by atoms with van der Waals surface area (Å²) in [5.41, 5.74) is 0.829. The Morgan fingerprint density at radius 3 is 2.50 bits per heavy atom. The Morgan fingerprint density at radius 2 is 1.94 bits per heavy atom. The zero-order chi connectivity index (χ0) is 12.3. The van der Waals surface area contributed by atoms with Gasteiger partial charge in [-0.3, -0.25) is 4.79 Å². The lowest BCUT2D eigenvalue weighted by atomic mass is 10.0. The predicted octanol–water partition coefficient (Wildman–Crippen LogP) is 2.19. The van der Waals surface area contributed by atoms with Crippen molar-refractivity contribution in [3.05, 3.63) is 34.6 Å². The number of carbonyl (C=O) groups is 2. The van der Waals surface area contributed by atoms with Crippen molar-refractivity contribution in [1.29, 1.82) is 0 Å². The van der Waals surface area contributed by atoms with Gasteiger partial charge in [-0.1, -0.05) is 0 Å². The maximum Gasteiger partial charge on any atom is 0.379 e. The van der Waals surface area contributed by atoms with E-state index in [4.69, 9.17) is 0 Å². The van der Waals surface area contributed by atoms with Crippen molar-refractivity contribution in [2.24, 2.45) is 0 Å². The van der Waals surface area contributed by atoms with Crippen LogP contribution in [0.15, 0.2) is 12.1 Å². The third-order valence-electron chi connectivity index (χ3n) is 2.19. The number of hydrogen-bond acceptors (Lipinski definition) is 3. The second-order valence-corrected chi connectivity index (χ2v) is 3.47. The van der Waals surface area contributed by atoms with Crippen molar-refractivity contribution in [3.63, 3.8) is 0 Å². The number of rotatable bonds is 3. The summed E-state index contributed by atoms with van der Waals surface area (Å²) in [4.78, 5) is 22.8. The first kappa shape index (κ1) is 12.4. The molecule has 86 valence electrons. The number of esters is 1. The van der Waals surface area contributed by atoms with Crippen LogP contribution in [0.2, 0.25) is 0 Å². The summed E-state index contributed by atoms with van der Waals surface area (Å²) >= 11 is 0. The summed E-state index contributed by atoms with van der Waals surface area (Å²) in [6.45, 7) is 4.85. The average molecular weight is 224 g/mol. The van der Waals surface area contributed by atoms with Gasteiger partial charge in [-0.25, -0.2) is 9.18 Å². The quantitative estimate of drug-likeness (QED) is 0.449. The molecule has 0 unspecified atom stereocenters. The van der Waals surface area contributed by atoms with Gasteiger partial charge in [-0.05, 0) is 44.0 Å². The van der Waals surface area contributed by atoms with E-state index in [-0.39, 0.29) is 17.7 Å². The molecule has 0 amide bonds. The lowest BCUT2D eigenvalue weighted by Crippen LogP contribution is -2.19. The largest absolute Gasteiger partial charge is 0.460 e. The highest BCUT2D eigenvalue weighted by Crippen LogP contribution is 2.16. The normalized spacial score (nSPS) is 10.0. The van der Waals surface area contributed by atoms with Crippen molar-refractivity contribution in [1.82, 2.24) is 0 Å². The molecule has 16 heavy (non-hydrogen) atoms. The molecule has 0 aromatic heterocycles. The van der Waals surface area contributed by atoms with Crippen molar-refractivity contribution in [2.45, 2.75) is 20.8 Å². The first-order valence-electron chi connectivity index (χ1n) is 4.95. The second-order valence-electron chi connectivity index (χ2n) is 3.47. The molecule has 0 fully saturated rings. The molecular formula is C12H13FO3. The summed E-state index contributed by atoms with van der Waals surface area (Å²) < 4.78 is 17.9. The highest BCUT2D eigenvalue weighted by atomic mass is 19.1. The fourth-order valence-corrected chi connectivity index (χ4v) is 1.36. The van der Waals surface area contributed by atoms with Crippen LogP contribution in [0, 0.1) is 19.7 Å². The molecule has 0 N–H and O–H groups in total. The number of aryl methyl sites for hydroxylation is 1. The SMILES string of the molecule is CCOC(=O)C(=O)c1cc(C)cc(F)c1C. The van der Waals surface area contributed by atoms with E-state index in [1.54, 1.807) is 13.8 Å². The Kier molecular flexibility index (Phi) is 3.77. The zero-order valence-corrected chi connectivity index (χ0v) is 9.46. The van der Waals surface area contributed by atoms with E-state index >= 15 is 0 Å². The molecule has 0 heterocycles. The minimum absolute atomic E-state index is 0.0657. The van der Waals surface area contributed by atoms with Crippen LogP contribution in [0.4, 0.5) is 4.39 Å². The Labute approximate surface area is 93.2 Å². The van der Waals surface area contributed by atoms with Crippen molar-refractivity contribution in [2.75, 3.05) is 6.61 Å². The molecule has 0 aliphatic rings. The van der Waals surface area contributed by atoms with Gasteiger partial charge in [0.25, 0.3) is 5.78 Å². The van der Waals surface area contributed by atoms with Gasteiger partial charge in [-0.2, -0.15) is 0 Å². The summed E-state index contributed by atoms with van der Waals surface area (Å²) in [5.74, 6) is -2.25. The average Bonchev–Trinajstić information content (AvgIpc) is 2.22. The third kappa shape index (κ3) is 2.45. The number of benzene rings is 1. The van der Waals surface area contributed by atoms with Crippen molar-refractivity contribution in [3.8, 4) is 0 Å². The second kappa shape index (κ2) is 4.88. The standard InChI is InChI=1S/C12H13FO3/c1-4-16-12(15)11(14)9-5-7(2)6-10(13)8(9)3/h5-6H,4H2,1-3H3. The van der Waals surface area contributed by atoms with E-state index in [1.807, 2.05) is 0 Å². The molecule has 1 rings (SSSR count). The van der Waals surface area contributed by atoms with E-state index in [1.165, 1.54) is 19.1 Å². The molecule has 0 bridgehead atoms. The Morgan fingerprint density at radius 1 is 1.31 bits per heavy atom. The molecule has 0 aliphatic heterocycles. The molecule has 0 saturated carbocycles. The number of halogens is 1. The van der Waals surface area contributed by atoms with E-state index in [0.29, 0.717) is 5.56 Å². The Hall–Kier alpha value is -1.71. The number of ether oxygens (including phenoxy) is 1. The highest BCUT2D eigenvalue weighted by Gasteiger charge is 2.21. The third-order valence-corrected chi connectivity index (χ3v) is 2.19. The highest BCUT2D eigenvalue weighted by molar-refractivity contribution is 6.41. The number of ketones is 1. The van der Waals surface area contributed by atoms with E-state index in [2.05, 4.69) is 4.74 Å². The summed E-state index contributed by atoms with van der Waals surface area (Å²) in [7, 11) is 0. The van der Waals surface area contributed by atoms with Crippen LogP contribution in [-0.4, -0.2) is 18.4 Å². The van der Waals surface area contributed by atoms with Gasteiger partial charge < -0.3 is 4.74 Å². The van der Waals surface area contributed by atoms with E-state index in [9.17, 15) is 14.0 Å². The van der Waals surface area contributed by atoms with Crippen LogP contribution in [0.25, 0.3) is 0 Å². The number of carbonyl (C=O) groups excluding carboxylic acids is 2. The van der Waals surface area contributed by atoms with Crippen LogP contribution in [-0.2, 0) is 9.53 Å². The molecule has 0 aliphatic carbocycles. The van der Waals surface area contributed by atoms with Gasteiger partial charge in [0.2, 0.25) is 0 Å². The fraction of sp³-hybridized carbons (Fsp3) is 0.333. The zero-order valence-electron chi connectivity index (χ0n) is 9.46. The van der Waals surface area contributed by atoms with E-state index in [0.717, 1.165) is 0 Å². The fourth-order valence-electron chi connectivity index (χ4n) is 1.36. The van der Waals surface area contributed by atoms with Crippen LogP contribution < -0.4 is 0 Å². The molecule has 3 nitrogen and oxygen atoms in total. The summed E-state index contributed by atoms with van der Waals surface area (Å²) in [6.07, 6.45) is 0. The molecule has 0 saturated heterocycles. The first-order valence-corrected chi connectivity index (χ1v) is 4.95. The van der Waals surface area contributed by atoms with Crippen LogP contribution in [0.1, 0.15) is 28.4 Å². The molecule has 1 aromatic carbocycles. The number of Topliss-reactive ketones (excluding diaryl/α,β-unsaturated/α-hetero) is 1. The Balaban J connectivity index is 3.13. The van der Waals surface area contributed by atoms with Gasteiger partial charge in [0.15, 0.2) is 0 Å². The first-order chi connectivity index (χ1) is 7.47. The van der Waals surface area contributed by atoms with Gasteiger partial charge in [0.05, 0.1) is 6.61 Å². The molecule has 4 heteroatoms. The maximum absolute atomic E-state index is 13.3. The van der Waals surface area contributed by atoms with Crippen molar-refractivity contribution < 1.29 is 18.7 Å². The van der Waals surface area contributed by atoms with Gasteiger partial charge in [-0.15, -0.1) is 0 Å². The van der Waals surface area contributed by atoms with Gasteiger partial charge in [0.1, 0.15) is 5.82 Å². The topological polar surface area (TPSA) is 43.4 Å². The molecule has 0 atom stereocenters. The van der Waals surface area contributed by atoms with Gasteiger partial charge in [0, 0.05) is 5.56 Å². The maximum atomic E-state index is 13.3. The lowest BCUT2D eigenvalue weighted by Gasteiger charge is -2.06. The van der Waals surface area contributed by atoms with Crippen LogP contribution in [0.3, 0.4) is 0 Å². The molecular weight excluding hydrogens is 211 g/mol. The monoisotopic (exact) mass is 224 g/mol.